The van der Waals surface area contributed by atoms with Crippen molar-refractivity contribution in [1.29, 1.82) is 0 Å². The molecule has 1 N–H and O–H groups in total. The Kier molecular flexibility index (Phi) is 7.30. The lowest BCUT2D eigenvalue weighted by Gasteiger charge is -2.25. The Labute approximate surface area is 124 Å². The smallest absolute Gasteiger partial charge is 0.222 e. The minimum atomic E-state index is -0.660. The zero-order valence-electron chi connectivity index (χ0n) is 10.3. The molecular weight excluding hydrogens is 349 g/mol. The Morgan fingerprint density at radius 2 is 1.82 bits per heavy atom. The summed E-state index contributed by atoms with van der Waals surface area (Å²) in [5.41, 5.74) is -0.0272. The number of carbonyl (C=O) groups excluding carboxylic acids is 1. The number of quaternary nitrogens is 1. The summed E-state index contributed by atoms with van der Waals surface area (Å²) < 4.78 is 0.635. The van der Waals surface area contributed by atoms with Crippen LogP contribution in [0.2, 0.25) is 0 Å². The summed E-state index contributed by atoms with van der Waals surface area (Å²) in [6.07, 6.45) is 0. The molecule has 0 bridgehead atoms. The third-order valence-electron chi connectivity index (χ3n) is 1.96. The van der Waals surface area contributed by atoms with Crippen LogP contribution in [0.5, 0.6) is 0 Å². The normalized spacial score (nSPS) is 12.7. The second kappa shape index (κ2) is 7.35. The molecule has 1 unspecified atom stereocenters. The van der Waals surface area contributed by atoms with Crippen molar-refractivity contribution in [3.05, 3.63) is 35.9 Å². The lowest BCUT2D eigenvalue weighted by Crippen LogP contribution is -3.00. The number of hydrogen-bond donors (Lipinski definition) is 1. The van der Waals surface area contributed by atoms with Crippen molar-refractivity contribution >= 4 is 16.9 Å². The minimum Gasteiger partial charge on any atom is -1.00 e. The largest absolute Gasteiger partial charge is 1.00 e. The van der Waals surface area contributed by atoms with E-state index < -0.39 is 5.44 Å². The van der Waals surface area contributed by atoms with E-state index in [1.54, 1.807) is 12.1 Å². The van der Waals surface area contributed by atoms with Gasteiger partial charge in [-0.15, -0.1) is 0 Å². The lowest BCUT2D eigenvalue weighted by atomic mass is 10.2. The number of aliphatic hydroxyl groups is 1. The highest BCUT2D eigenvalue weighted by molar-refractivity contribution is 8.14. The van der Waals surface area contributed by atoms with Gasteiger partial charge in [0.2, 0.25) is 5.12 Å². The third-order valence-corrected chi connectivity index (χ3v) is 2.83. The standard InChI is InChI=1S/C12H18NO2S.HI/c1-13(2,3)9-11(14)16-12(15)10-7-5-4-6-8-10;/h4-8,11,14H,9H2,1-3H3;1H/q+1;/p-1. The van der Waals surface area contributed by atoms with Gasteiger partial charge < -0.3 is 33.6 Å². The van der Waals surface area contributed by atoms with Gasteiger partial charge in [-0.2, -0.15) is 0 Å². The maximum Gasteiger partial charge on any atom is 0.222 e. The maximum atomic E-state index is 11.7. The van der Waals surface area contributed by atoms with Crippen LogP contribution in [0.1, 0.15) is 10.4 Å². The fourth-order valence-electron chi connectivity index (χ4n) is 1.27. The number of benzene rings is 1. The van der Waals surface area contributed by atoms with Crippen molar-refractivity contribution in [3.63, 3.8) is 0 Å². The highest BCUT2D eigenvalue weighted by Crippen LogP contribution is 2.17. The zero-order chi connectivity index (χ0) is 12.2. The molecule has 0 aliphatic rings. The Balaban J connectivity index is 0.00000256. The molecule has 0 saturated heterocycles. The lowest BCUT2D eigenvalue weighted by molar-refractivity contribution is -0.871. The van der Waals surface area contributed by atoms with Gasteiger partial charge in [0, 0.05) is 5.56 Å². The molecule has 1 atom stereocenters. The summed E-state index contributed by atoms with van der Waals surface area (Å²) in [5, 5.41) is 9.66. The van der Waals surface area contributed by atoms with Gasteiger partial charge in [-0.1, -0.05) is 30.3 Å². The molecule has 0 aliphatic heterocycles. The fraction of sp³-hybridized carbons (Fsp3) is 0.417. The minimum absolute atomic E-state index is 0. The Morgan fingerprint density at radius 1 is 1.29 bits per heavy atom. The topological polar surface area (TPSA) is 37.3 Å². The van der Waals surface area contributed by atoms with E-state index >= 15 is 0 Å². The van der Waals surface area contributed by atoms with E-state index in [0.717, 1.165) is 11.8 Å². The third kappa shape index (κ3) is 7.03. The molecule has 5 heteroatoms. The van der Waals surface area contributed by atoms with Crippen molar-refractivity contribution in [2.24, 2.45) is 0 Å². The predicted octanol–water partition coefficient (Wildman–Crippen LogP) is -1.41. The summed E-state index contributed by atoms with van der Waals surface area (Å²) in [4.78, 5) is 11.7. The number of halogens is 1. The summed E-state index contributed by atoms with van der Waals surface area (Å²) in [6.45, 7) is 0.545. The molecule has 0 aromatic heterocycles. The van der Waals surface area contributed by atoms with Crippen molar-refractivity contribution in [2.45, 2.75) is 5.44 Å². The van der Waals surface area contributed by atoms with Gasteiger partial charge >= 0.3 is 0 Å². The van der Waals surface area contributed by atoms with Crippen LogP contribution >= 0.6 is 11.8 Å². The number of aliphatic hydroxyl groups excluding tert-OH is 1. The molecule has 96 valence electrons. The van der Waals surface area contributed by atoms with Crippen LogP contribution in [0.3, 0.4) is 0 Å². The number of hydrogen-bond acceptors (Lipinski definition) is 3. The molecule has 0 saturated carbocycles. The van der Waals surface area contributed by atoms with E-state index in [1.807, 2.05) is 39.3 Å². The Bertz CT molecular complexity index is 351. The van der Waals surface area contributed by atoms with Gasteiger partial charge in [0.25, 0.3) is 0 Å². The number of nitrogens with zero attached hydrogens (tertiary/aromatic N) is 1. The Morgan fingerprint density at radius 3 is 2.29 bits per heavy atom. The molecular formula is C12H18INO2S. The first-order chi connectivity index (χ1) is 7.38. The van der Waals surface area contributed by atoms with Crippen LogP contribution in [0.4, 0.5) is 0 Å². The van der Waals surface area contributed by atoms with Gasteiger partial charge in [-0.25, -0.2) is 0 Å². The highest BCUT2D eigenvalue weighted by atomic mass is 127. The average Bonchev–Trinajstić information content (AvgIpc) is 2.16. The van der Waals surface area contributed by atoms with Crippen LogP contribution in [0, 0.1) is 0 Å². The van der Waals surface area contributed by atoms with Crippen molar-refractivity contribution in [2.75, 3.05) is 27.7 Å². The van der Waals surface area contributed by atoms with Crippen molar-refractivity contribution < 1.29 is 38.4 Å². The number of carbonyl (C=O) groups is 1. The van der Waals surface area contributed by atoms with Crippen LogP contribution in [0.25, 0.3) is 0 Å². The molecule has 0 aliphatic carbocycles. The molecule has 1 rings (SSSR count). The average molecular weight is 367 g/mol. The molecule has 0 amide bonds. The Hall–Kier alpha value is -0.110. The fourth-order valence-corrected chi connectivity index (χ4v) is 2.31. The van der Waals surface area contributed by atoms with E-state index in [0.29, 0.717) is 16.6 Å². The molecule has 1 aromatic carbocycles. The number of rotatable bonds is 4. The van der Waals surface area contributed by atoms with E-state index in [4.69, 9.17) is 0 Å². The summed E-state index contributed by atoms with van der Waals surface area (Å²) in [5.74, 6) is 0. The van der Waals surface area contributed by atoms with E-state index in [1.165, 1.54) is 0 Å². The highest BCUT2D eigenvalue weighted by Gasteiger charge is 2.19. The summed E-state index contributed by atoms with van der Waals surface area (Å²) in [6, 6.07) is 9.02. The predicted molar refractivity (Wildman–Crippen MR) is 67.3 cm³/mol. The monoisotopic (exact) mass is 367 g/mol. The van der Waals surface area contributed by atoms with E-state index in [2.05, 4.69) is 0 Å². The van der Waals surface area contributed by atoms with Crippen LogP contribution < -0.4 is 24.0 Å². The maximum absolute atomic E-state index is 11.7. The first-order valence-electron chi connectivity index (χ1n) is 5.13. The molecule has 0 heterocycles. The summed E-state index contributed by atoms with van der Waals surface area (Å²) >= 11 is 0.981. The second-order valence-electron chi connectivity index (χ2n) is 4.70. The van der Waals surface area contributed by atoms with Crippen LogP contribution in [-0.2, 0) is 0 Å². The number of thioether (sulfide) groups is 1. The van der Waals surface area contributed by atoms with Crippen LogP contribution in [0.15, 0.2) is 30.3 Å². The summed E-state index contributed by atoms with van der Waals surface area (Å²) in [7, 11) is 5.95. The SMILES string of the molecule is C[N+](C)(C)CC(O)SC(=O)c1ccccc1.[I-]. The van der Waals surface area contributed by atoms with E-state index in [9.17, 15) is 9.90 Å². The van der Waals surface area contributed by atoms with E-state index in [-0.39, 0.29) is 29.1 Å². The molecule has 1 aromatic rings. The molecule has 0 spiro atoms. The zero-order valence-corrected chi connectivity index (χ0v) is 13.2. The number of likely N-dealkylation sites (N-methyl/N-ethyl adjacent to an activating group) is 1. The quantitative estimate of drug-likeness (QED) is 0.404. The first-order valence-corrected chi connectivity index (χ1v) is 6.01. The van der Waals surface area contributed by atoms with Gasteiger partial charge in [-0.3, -0.25) is 4.79 Å². The van der Waals surface area contributed by atoms with Crippen molar-refractivity contribution in [3.8, 4) is 0 Å². The second-order valence-corrected chi connectivity index (χ2v) is 5.85. The van der Waals surface area contributed by atoms with Gasteiger partial charge in [-0.05, 0) is 11.8 Å². The molecule has 0 radical (unpaired) electrons. The molecule has 17 heavy (non-hydrogen) atoms. The van der Waals surface area contributed by atoms with Gasteiger partial charge in [0.1, 0.15) is 6.54 Å². The van der Waals surface area contributed by atoms with Crippen molar-refractivity contribution in [1.82, 2.24) is 0 Å². The molecule has 3 nitrogen and oxygen atoms in total. The first kappa shape index (κ1) is 16.9. The van der Waals surface area contributed by atoms with Gasteiger partial charge in [0.05, 0.1) is 21.1 Å². The van der Waals surface area contributed by atoms with Crippen LogP contribution in [-0.4, -0.2) is 47.8 Å². The van der Waals surface area contributed by atoms with Gasteiger partial charge in [0.15, 0.2) is 5.44 Å². The molecule has 0 fully saturated rings.